The number of carbonyl (C=O) groups is 2. The number of rotatable bonds is 3. The molecule has 4 rings (SSSR count). The third-order valence-corrected chi connectivity index (χ3v) is 6.04. The number of carbonyl (C=O) groups excluding carboxylic acids is 2. The number of anilines is 1. The molecule has 3 unspecified atom stereocenters. The molecule has 2 aliphatic rings. The summed E-state index contributed by atoms with van der Waals surface area (Å²) in [5.74, 6) is 0.235. The molecule has 2 heterocycles. The van der Waals surface area contributed by atoms with E-state index >= 15 is 0 Å². The molecule has 2 aromatic carbocycles. The molecular weight excluding hydrogens is 374 g/mol. The van der Waals surface area contributed by atoms with Gasteiger partial charge in [-0.1, -0.05) is 36.4 Å². The minimum atomic E-state index is -0.261. The van der Waals surface area contributed by atoms with Gasteiger partial charge in [0, 0.05) is 37.5 Å². The van der Waals surface area contributed by atoms with E-state index in [1.54, 1.807) is 4.90 Å². The van der Waals surface area contributed by atoms with Crippen molar-refractivity contribution in [1.82, 2.24) is 4.90 Å². The number of halogens is 1. The fraction of sp³-hybridized carbons (Fsp3) is 0.455. The number of nitrogens with two attached hydrogens (primary N) is 1. The summed E-state index contributed by atoms with van der Waals surface area (Å²) in [6.45, 7) is 3.97. The van der Waals surface area contributed by atoms with Crippen LogP contribution in [0.1, 0.15) is 26.2 Å². The number of piperidine rings is 1. The molecule has 3 atom stereocenters. The van der Waals surface area contributed by atoms with Gasteiger partial charge in [0.1, 0.15) is 0 Å². The first-order chi connectivity index (χ1) is 13.0. The first-order valence-corrected chi connectivity index (χ1v) is 9.87. The molecule has 150 valence electrons. The average molecular weight is 402 g/mol. The van der Waals surface area contributed by atoms with Crippen molar-refractivity contribution in [2.75, 3.05) is 24.5 Å². The predicted octanol–water partition coefficient (Wildman–Crippen LogP) is 3.20. The van der Waals surface area contributed by atoms with Crippen molar-refractivity contribution in [1.29, 1.82) is 0 Å². The highest BCUT2D eigenvalue weighted by Crippen LogP contribution is 2.33. The van der Waals surface area contributed by atoms with Gasteiger partial charge in [-0.3, -0.25) is 9.59 Å². The molecule has 0 bridgehead atoms. The third-order valence-electron chi connectivity index (χ3n) is 6.04. The van der Waals surface area contributed by atoms with Gasteiger partial charge in [-0.05, 0) is 37.1 Å². The highest BCUT2D eigenvalue weighted by atomic mass is 35.5. The Labute approximate surface area is 172 Å². The summed E-state index contributed by atoms with van der Waals surface area (Å²) in [5, 5.41) is 2.16. The van der Waals surface area contributed by atoms with Gasteiger partial charge in [-0.2, -0.15) is 0 Å². The van der Waals surface area contributed by atoms with Crippen molar-refractivity contribution >= 4 is 40.7 Å². The third kappa shape index (κ3) is 3.87. The largest absolute Gasteiger partial charge is 0.342 e. The molecule has 2 aliphatic heterocycles. The van der Waals surface area contributed by atoms with Gasteiger partial charge in [0.15, 0.2) is 0 Å². The number of hydrogen-bond acceptors (Lipinski definition) is 3. The van der Waals surface area contributed by atoms with E-state index in [2.05, 4.69) is 0 Å². The van der Waals surface area contributed by atoms with Gasteiger partial charge in [0.2, 0.25) is 11.8 Å². The number of nitrogens with zero attached hydrogens (tertiary/aromatic N) is 2. The van der Waals surface area contributed by atoms with Crippen molar-refractivity contribution in [3.05, 3.63) is 42.5 Å². The van der Waals surface area contributed by atoms with E-state index in [-0.39, 0.29) is 36.2 Å². The Morgan fingerprint density at radius 3 is 2.68 bits per heavy atom. The van der Waals surface area contributed by atoms with Crippen molar-refractivity contribution in [2.45, 2.75) is 32.2 Å². The lowest BCUT2D eigenvalue weighted by Gasteiger charge is -2.35. The summed E-state index contributed by atoms with van der Waals surface area (Å²) < 4.78 is 0. The second kappa shape index (κ2) is 8.50. The maximum absolute atomic E-state index is 13.1. The second-order valence-corrected chi connectivity index (χ2v) is 7.95. The van der Waals surface area contributed by atoms with Crippen LogP contribution in [0.15, 0.2) is 42.5 Å². The molecule has 5 nitrogen and oxygen atoms in total. The number of benzene rings is 2. The molecule has 2 saturated heterocycles. The van der Waals surface area contributed by atoms with E-state index in [0.29, 0.717) is 18.9 Å². The summed E-state index contributed by atoms with van der Waals surface area (Å²) >= 11 is 0. The Morgan fingerprint density at radius 1 is 1.14 bits per heavy atom. The van der Waals surface area contributed by atoms with Crippen molar-refractivity contribution in [3.63, 3.8) is 0 Å². The van der Waals surface area contributed by atoms with E-state index in [0.717, 1.165) is 42.4 Å². The monoisotopic (exact) mass is 401 g/mol. The van der Waals surface area contributed by atoms with Gasteiger partial charge in [-0.25, -0.2) is 0 Å². The van der Waals surface area contributed by atoms with Gasteiger partial charge in [0.05, 0.1) is 11.6 Å². The molecule has 0 radical (unpaired) electrons. The highest BCUT2D eigenvalue weighted by Gasteiger charge is 2.39. The lowest BCUT2D eigenvalue weighted by molar-refractivity contribution is -0.137. The molecule has 0 aromatic heterocycles. The molecule has 0 saturated carbocycles. The smallest absolute Gasteiger partial charge is 0.228 e. The first-order valence-electron chi connectivity index (χ1n) is 9.87. The predicted molar refractivity (Wildman–Crippen MR) is 115 cm³/mol. The Balaban J connectivity index is 0.00000225. The Hall–Kier alpha value is -2.11. The van der Waals surface area contributed by atoms with Crippen LogP contribution in [0.4, 0.5) is 5.69 Å². The molecule has 6 heteroatoms. The van der Waals surface area contributed by atoms with Crippen molar-refractivity contribution in [2.24, 2.45) is 17.6 Å². The maximum Gasteiger partial charge on any atom is 0.228 e. The van der Waals surface area contributed by atoms with Crippen LogP contribution in [0.25, 0.3) is 10.8 Å². The summed E-state index contributed by atoms with van der Waals surface area (Å²) in [6, 6.07) is 14.1. The summed E-state index contributed by atoms with van der Waals surface area (Å²) in [4.78, 5) is 29.5. The van der Waals surface area contributed by atoms with Crippen molar-refractivity contribution < 1.29 is 9.59 Å². The summed E-state index contributed by atoms with van der Waals surface area (Å²) in [7, 11) is 0. The molecular formula is C22H28ClN3O2. The zero-order valence-corrected chi connectivity index (χ0v) is 17.0. The quantitative estimate of drug-likeness (QED) is 0.858. The number of likely N-dealkylation sites (tertiary alicyclic amines) is 1. The number of amides is 2. The van der Waals surface area contributed by atoms with Crippen LogP contribution in [0, 0.1) is 11.8 Å². The van der Waals surface area contributed by atoms with Gasteiger partial charge in [-0.15, -0.1) is 12.4 Å². The minimum absolute atomic E-state index is 0. The van der Waals surface area contributed by atoms with Crippen LogP contribution in [-0.4, -0.2) is 42.4 Å². The fourth-order valence-corrected chi connectivity index (χ4v) is 4.45. The number of fused-ring (bicyclic) bond motifs is 1. The molecule has 2 amide bonds. The zero-order chi connectivity index (χ0) is 19.0. The lowest BCUT2D eigenvalue weighted by Crippen LogP contribution is -2.47. The van der Waals surface area contributed by atoms with Crippen LogP contribution in [0.5, 0.6) is 0 Å². The van der Waals surface area contributed by atoms with E-state index in [1.165, 1.54) is 0 Å². The van der Waals surface area contributed by atoms with Crippen LogP contribution in [0.2, 0.25) is 0 Å². The molecule has 0 spiro atoms. The van der Waals surface area contributed by atoms with Crippen molar-refractivity contribution in [3.8, 4) is 0 Å². The topological polar surface area (TPSA) is 66.6 Å². The van der Waals surface area contributed by atoms with E-state index in [9.17, 15) is 9.59 Å². The second-order valence-electron chi connectivity index (χ2n) is 7.95. The summed E-state index contributed by atoms with van der Waals surface area (Å²) in [5.41, 5.74) is 6.96. The van der Waals surface area contributed by atoms with Gasteiger partial charge >= 0.3 is 0 Å². The molecule has 0 aliphatic carbocycles. The average Bonchev–Trinajstić information content (AvgIpc) is 3.08. The SMILES string of the molecule is CC(N)C1CCCN(C(=O)C2CC(=O)N(c3cccc4ccccc34)C2)C1.Cl. The molecule has 2 fully saturated rings. The molecule has 28 heavy (non-hydrogen) atoms. The standard InChI is InChI=1S/C22H27N3O2.ClH/c1-15(23)17-8-5-11-24(13-17)22(27)18-12-21(26)25(14-18)20-10-4-7-16-6-2-3-9-19(16)20;/h2-4,6-7,9-10,15,17-18H,5,8,11-14,23H2,1H3;1H. The Kier molecular flexibility index (Phi) is 6.26. The minimum Gasteiger partial charge on any atom is -0.342 e. The first kappa shape index (κ1) is 20.6. The molecule has 2 aromatic rings. The van der Waals surface area contributed by atoms with Crippen LogP contribution < -0.4 is 10.6 Å². The van der Waals surface area contributed by atoms with E-state index in [1.807, 2.05) is 54.3 Å². The van der Waals surface area contributed by atoms with Gasteiger partial charge < -0.3 is 15.5 Å². The van der Waals surface area contributed by atoms with E-state index < -0.39 is 0 Å². The number of hydrogen-bond donors (Lipinski definition) is 1. The Morgan fingerprint density at radius 2 is 1.89 bits per heavy atom. The van der Waals surface area contributed by atoms with E-state index in [4.69, 9.17) is 5.73 Å². The maximum atomic E-state index is 13.1. The fourth-order valence-electron chi connectivity index (χ4n) is 4.45. The Bertz CT molecular complexity index is 864. The molecule has 2 N–H and O–H groups in total. The summed E-state index contributed by atoms with van der Waals surface area (Å²) in [6.07, 6.45) is 2.36. The van der Waals surface area contributed by atoms with Crippen LogP contribution >= 0.6 is 12.4 Å². The van der Waals surface area contributed by atoms with Gasteiger partial charge in [0.25, 0.3) is 0 Å². The highest BCUT2D eigenvalue weighted by molar-refractivity contribution is 6.07. The van der Waals surface area contributed by atoms with Crippen LogP contribution in [0.3, 0.4) is 0 Å². The lowest BCUT2D eigenvalue weighted by atomic mass is 9.91. The zero-order valence-electron chi connectivity index (χ0n) is 16.2. The normalized spacial score (nSPS) is 23.6. The van der Waals surface area contributed by atoms with Crippen LogP contribution in [-0.2, 0) is 9.59 Å².